The number of amides is 1. The smallest absolute Gasteiger partial charge is 0.264 e. The molecular formula is C17H13F3N2O3. The highest BCUT2D eigenvalue weighted by Gasteiger charge is 2.21. The van der Waals surface area contributed by atoms with Crippen molar-refractivity contribution in [3.05, 3.63) is 69.4 Å². The molecule has 2 N–H and O–H groups in total. The zero-order chi connectivity index (χ0) is 18.6. The van der Waals surface area contributed by atoms with Crippen LogP contribution in [0.5, 0.6) is 0 Å². The summed E-state index contributed by atoms with van der Waals surface area (Å²) >= 11 is 0. The Kier molecular flexibility index (Phi) is 5.62. The molecule has 2 aromatic rings. The first-order valence-corrected chi connectivity index (χ1v) is 7.08. The molecule has 0 saturated carbocycles. The van der Waals surface area contributed by atoms with E-state index in [2.05, 4.69) is 11.2 Å². The Balaban J connectivity index is 2.51. The lowest BCUT2D eigenvalue weighted by Crippen LogP contribution is -2.35. The Bertz CT molecular complexity index is 880. The standard InChI is InChI=1S/C17H13F3N2O3/c1-2-5-21-16(24)11-4-3-6-22(17(11)25)14(9-23)10-7-12(18)15(20)13(19)8-10/h1,3-4,6-8,14,23H,5,9H2,(H,21,24)/t14-/m0/s1. The molecular weight excluding hydrogens is 337 g/mol. The minimum absolute atomic E-state index is 0.0923. The molecule has 0 aliphatic carbocycles. The van der Waals surface area contributed by atoms with Crippen LogP contribution in [0, 0.1) is 29.8 Å². The normalized spacial score (nSPS) is 11.6. The third-order valence-corrected chi connectivity index (χ3v) is 3.47. The number of halogens is 3. The first kappa shape index (κ1) is 18.3. The van der Waals surface area contributed by atoms with Gasteiger partial charge in [0, 0.05) is 6.20 Å². The van der Waals surface area contributed by atoms with E-state index in [0.717, 1.165) is 4.57 Å². The van der Waals surface area contributed by atoms with Crippen molar-refractivity contribution in [3.63, 3.8) is 0 Å². The number of benzene rings is 1. The topological polar surface area (TPSA) is 71.3 Å². The van der Waals surface area contributed by atoms with Crippen LogP contribution in [-0.4, -0.2) is 28.7 Å². The molecule has 1 amide bonds. The van der Waals surface area contributed by atoms with Gasteiger partial charge in [0.25, 0.3) is 11.5 Å². The van der Waals surface area contributed by atoms with Crippen LogP contribution in [0.2, 0.25) is 0 Å². The molecule has 8 heteroatoms. The largest absolute Gasteiger partial charge is 0.394 e. The van der Waals surface area contributed by atoms with E-state index < -0.39 is 41.6 Å². The molecule has 1 aromatic heterocycles. The van der Waals surface area contributed by atoms with Gasteiger partial charge in [-0.25, -0.2) is 13.2 Å². The van der Waals surface area contributed by atoms with Crippen LogP contribution < -0.4 is 10.9 Å². The van der Waals surface area contributed by atoms with Crippen molar-refractivity contribution >= 4 is 5.91 Å². The first-order chi connectivity index (χ1) is 11.9. The number of pyridine rings is 1. The van der Waals surface area contributed by atoms with E-state index in [1.54, 1.807) is 0 Å². The van der Waals surface area contributed by atoms with Crippen LogP contribution in [0.1, 0.15) is 22.0 Å². The maximum Gasteiger partial charge on any atom is 0.264 e. The second-order valence-electron chi connectivity index (χ2n) is 5.02. The maximum atomic E-state index is 13.4. The zero-order valence-corrected chi connectivity index (χ0v) is 12.8. The van der Waals surface area contributed by atoms with Gasteiger partial charge in [-0.05, 0) is 29.8 Å². The van der Waals surface area contributed by atoms with Crippen molar-refractivity contribution in [2.45, 2.75) is 6.04 Å². The lowest BCUT2D eigenvalue weighted by atomic mass is 10.1. The molecule has 0 saturated heterocycles. The number of aromatic nitrogens is 1. The van der Waals surface area contributed by atoms with Crippen molar-refractivity contribution in [1.29, 1.82) is 0 Å². The monoisotopic (exact) mass is 350 g/mol. The second kappa shape index (κ2) is 7.68. The van der Waals surface area contributed by atoms with Gasteiger partial charge in [-0.3, -0.25) is 9.59 Å². The summed E-state index contributed by atoms with van der Waals surface area (Å²) in [6.45, 7) is -0.801. The lowest BCUT2D eigenvalue weighted by Gasteiger charge is -2.19. The third kappa shape index (κ3) is 3.72. The predicted molar refractivity (Wildman–Crippen MR) is 83.4 cm³/mol. The highest BCUT2D eigenvalue weighted by atomic mass is 19.2. The molecule has 5 nitrogen and oxygen atoms in total. The van der Waals surface area contributed by atoms with Gasteiger partial charge in [-0.15, -0.1) is 6.42 Å². The number of nitrogens with zero attached hydrogens (tertiary/aromatic N) is 1. The number of hydrogen-bond donors (Lipinski definition) is 2. The van der Waals surface area contributed by atoms with E-state index in [0.29, 0.717) is 12.1 Å². The van der Waals surface area contributed by atoms with E-state index in [-0.39, 0.29) is 17.7 Å². The summed E-state index contributed by atoms with van der Waals surface area (Å²) in [5.41, 5.74) is -1.23. The van der Waals surface area contributed by atoms with Crippen LogP contribution in [0.25, 0.3) is 0 Å². The molecule has 1 aromatic carbocycles. The second-order valence-corrected chi connectivity index (χ2v) is 5.02. The summed E-state index contributed by atoms with van der Waals surface area (Å²) < 4.78 is 40.9. The number of aliphatic hydroxyl groups is 1. The Morgan fingerprint density at radius 3 is 2.52 bits per heavy atom. The van der Waals surface area contributed by atoms with Gasteiger partial charge in [0.15, 0.2) is 17.5 Å². The fourth-order valence-corrected chi connectivity index (χ4v) is 2.28. The molecule has 2 rings (SSSR count). The van der Waals surface area contributed by atoms with Crippen LogP contribution in [0.4, 0.5) is 13.2 Å². The molecule has 0 unspecified atom stereocenters. The number of nitrogens with one attached hydrogen (secondary N) is 1. The molecule has 0 aliphatic heterocycles. The zero-order valence-electron chi connectivity index (χ0n) is 12.8. The summed E-state index contributed by atoms with van der Waals surface area (Å²) in [5.74, 6) is -3.12. The van der Waals surface area contributed by atoms with E-state index in [4.69, 9.17) is 6.42 Å². The number of aliphatic hydroxyl groups excluding tert-OH is 1. The van der Waals surface area contributed by atoms with Gasteiger partial charge in [0.2, 0.25) is 0 Å². The van der Waals surface area contributed by atoms with Crippen LogP contribution in [-0.2, 0) is 0 Å². The summed E-state index contributed by atoms with van der Waals surface area (Å²) in [6.07, 6.45) is 6.26. The maximum absolute atomic E-state index is 13.4. The first-order valence-electron chi connectivity index (χ1n) is 7.08. The van der Waals surface area contributed by atoms with E-state index in [1.807, 2.05) is 0 Å². The molecule has 1 atom stereocenters. The van der Waals surface area contributed by atoms with Crippen LogP contribution in [0.3, 0.4) is 0 Å². The number of hydrogen-bond acceptors (Lipinski definition) is 3. The quantitative estimate of drug-likeness (QED) is 0.629. The Labute approximate surface area is 140 Å². The number of carbonyl (C=O) groups excluding carboxylic acids is 1. The van der Waals surface area contributed by atoms with Gasteiger partial charge in [-0.1, -0.05) is 5.92 Å². The van der Waals surface area contributed by atoms with Crippen molar-refractivity contribution in [3.8, 4) is 12.3 Å². The minimum atomic E-state index is -1.66. The molecule has 0 fully saturated rings. The molecule has 0 radical (unpaired) electrons. The highest BCUT2D eigenvalue weighted by molar-refractivity contribution is 5.93. The van der Waals surface area contributed by atoms with Crippen LogP contribution in [0.15, 0.2) is 35.3 Å². The Morgan fingerprint density at radius 1 is 1.32 bits per heavy atom. The molecule has 0 aliphatic rings. The fourth-order valence-electron chi connectivity index (χ4n) is 2.28. The van der Waals surface area contributed by atoms with Gasteiger partial charge >= 0.3 is 0 Å². The number of carbonyl (C=O) groups is 1. The van der Waals surface area contributed by atoms with Crippen molar-refractivity contribution in [2.75, 3.05) is 13.2 Å². The number of terminal acetylenes is 1. The Hall–Kier alpha value is -3.05. The van der Waals surface area contributed by atoms with E-state index in [9.17, 15) is 27.9 Å². The van der Waals surface area contributed by atoms with Crippen LogP contribution >= 0.6 is 0 Å². The molecule has 0 bridgehead atoms. The SMILES string of the molecule is C#CCNC(=O)c1cccn([C@@H](CO)c2cc(F)c(F)c(F)c2)c1=O. The summed E-state index contributed by atoms with van der Waals surface area (Å²) in [5, 5.41) is 11.9. The van der Waals surface area contributed by atoms with Crippen molar-refractivity contribution < 1.29 is 23.1 Å². The molecule has 0 spiro atoms. The van der Waals surface area contributed by atoms with Crippen molar-refractivity contribution in [2.24, 2.45) is 0 Å². The highest BCUT2D eigenvalue weighted by Crippen LogP contribution is 2.21. The summed E-state index contributed by atoms with van der Waals surface area (Å²) in [7, 11) is 0. The summed E-state index contributed by atoms with van der Waals surface area (Å²) in [4.78, 5) is 24.4. The Morgan fingerprint density at radius 2 is 1.96 bits per heavy atom. The minimum Gasteiger partial charge on any atom is -0.394 e. The lowest BCUT2D eigenvalue weighted by molar-refractivity contribution is 0.0956. The fraction of sp³-hybridized carbons (Fsp3) is 0.176. The molecule has 25 heavy (non-hydrogen) atoms. The van der Waals surface area contributed by atoms with Gasteiger partial charge in [0.1, 0.15) is 5.56 Å². The van der Waals surface area contributed by atoms with Gasteiger partial charge in [0.05, 0.1) is 19.2 Å². The summed E-state index contributed by atoms with van der Waals surface area (Å²) in [6, 6.07) is 2.74. The third-order valence-electron chi connectivity index (χ3n) is 3.47. The average molecular weight is 350 g/mol. The van der Waals surface area contributed by atoms with E-state index >= 15 is 0 Å². The molecule has 1 heterocycles. The van der Waals surface area contributed by atoms with Crippen molar-refractivity contribution in [1.82, 2.24) is 9.88 Å². The predicted octanol–water partition coefficient (Wildman–Crippen LogP) is 1.21. The van der Waals surface area contributed by atoms with E-state index in [1.165, 1.54) is 18.3 Å². The molecule has 130 valence electrons. The number of rotatable bonds is 5. The average Bonchev–Trinajstić information content (AvgIpc) is 2.59. The van der Waals surface area contributed by atoms with Gasteiger partial charge < -0.3 is 15.0 Å². The van der Waals surface area contributed by atoms with Gasteiger partial charge in [-0.2, -0.15) is 0 Å².